The summed E-state index contributed by atoms with van der Waals surface area (Å²) in [4.78, 5) is 19.3. The summed E-state index contributed by atoms with van der Waals surface area (Å²) in [6.07, 6.45) is 5.65. The number of hydrogen-bond donors (Lipinski definition) is 2. The Morgan fingerprint density at radius 2 is 2.09 bits per heavy atom. The van der Waals surface area contributed by atoms with Gasteiger partial charge in [-0.05, 0) is 67.1 Å². The maximum absolute atomic E-state index is 13.3. The Labute approximate surface area is 208 Å². The molecule has 1 aliphatic carbocycles. The van der Waals surface area contributed by atoms with Crippen molar-refractivity contribution < 1.29 is 24.3 Å². The van der Waals surface area contributed by atoms with Gasteiger partial charge in [0.15, 0.2) is 18.0 Å². The van der Waals surface area contributed by atoms with Crippen LogP contribution in [0.1, 0.15) is 84.5 Å². The topological polar surface area (TPSA) is 92.3 Å². The number of ketones is 1. The summed E-state index contributed by atoms with van der Waals surface area (Å²) in [6, 6.07) is 3.45. The molecule has 2 N–H and O–H groups in total. The number of furan rings is 1. The van der Waals surface area contributed by atoms with Crippen molar-refractivity contribution in [1.29, 1.82) is 0 Å². The van der Waals surface area contributed by atoms with Crippen molar-refractivity contribution in [3.63, 3.8) is 0 Å². The van der Waals surface area contributed by atoms with Crippen LogP contribution in [-0.2, 0) is 9.63 Å². The van der Waals surface area contributed by atoms with Crippen molar-refractivity contribution in [3.05, 3.63) is 35.5 Å². The molecule has 2 heterocycles. The van der Waals surface area contributed by atoms with E-state index in [2.05, 4.69) is 25.9 Å². The molecule has 5 unspecified atom stereocenters. The first-order valence-corrected chi connectivity index (χ1v) is 14.0. The highest BCUT2D eigenvalue weighted by molar-refractivity contribution is 7.99. The van der Waals surface area contributed by atoms with Crippen LogP contribution in [0.3, 0.4) is 0 Å². The van der Waals surface area contributed by atoms with Crippen molar-refractivity contribution in [1.82, 2.24) is 0 Å². The van der Waals surface area contributed by atoms with Crippen molar-refractivity contribution in [3.8, 4) is 0 Å². The van der Waals surface area contributed by atoms with Gasteiger partial charge in [-0.3, -0.25) is 4.79 Å². The Hall–Kier alpha value is -1.73. The summed E-state index contributed by atoms with van der Waals surface area (Å²) in [6.45, 7) is 8.23. The average molecular weight is 492 g/mol. The summed E-state index contributed by atoms with van der Waals surface area (Å²) in [5, 5.41) is 26.4. The van der Waals surface area contributed by atoms with Crippen LogP contribution in [0.15, 0.2) is 39.3 Å². The number of hydrogen-bond acceptors (Lipinski definition) is 7. The van der Waals surface area contributed by atoms with Crippen LogP contribution in [0.2, 0.25) is 0 Å². The monoisotopic (exact) mass is 491 g/mol. The average Bonchev–Trinajstić information content (AvgIpc) is 3.37. The summed E-state index contributed by atoms with van der Waals surface area (Å²) in [7, 11) is 0. The largest absolute Gasteiger partial charge is 0.511 e. The number of aliphatic hydroxyl groups is 2. The van der Waals surface area contributed by atoms with Crippen LogP contribution in [0.5, 0.6) is 0 Å². The minimum atomic E-state index is -0.960. The molecule has 0 bridgehead atoms. The first kappa shape index (κ1) is 26.9. The molecule has 6 nitrogen and oxygen atoms in total. The second-order valence-corrected chi connectivity index (χ2v) is 11.3. The molecule has 0 aromatic carbocycles. The Morgan fingerprint density at radius 3 is 2.68 bits per heavy atom. The van der Waals surface area contributed by atoms with Gasteiger partial charge >= 0.3 is 0 Å². The summed E-state index contributed by atoms with van der Waals surface area (Å²) in [5.74, 6) is 3.57. The number of thioether (sulfide) groups is 1. The van der Waals surface area contributed by atoms with E-state index in [9.17, 15) is 15.0 Å². The van der Waals surface area contributed by atoms with E-state index < -0.39 is 12.2 Å². The fourth-order valence-corrected chi connectivity index (χ4v) is 6.08. The molecule has 0 amide bonds. The van der Waals surface area contributed by atoms with Crippen LogP contribution < -0.4 is 0 Å². The van der Waals surface area contributed by atoms with Gasteiger partial charge in [-0.15, -0.1) is 0 Å². The fraction of sp³-hybridized carbons (Fsp3) is 0.704. The molecule has 7 heteroatoms. The lowest BCUT2D eigenvalue weighted by molar-refractivity contribution is -0.117. The lowest BCUT2D eigenvalue weighted by Gasteiger charge is -2.33. The molecule has 0 radical (unpaired) electrons. The van der Waals surface area contributed by atoms with Crippen LogP contribution in [0.4, 0.5) is 0 Å². The SMILES string of the molecule is CCCCC(ON=C(C1=C(O)CC(C2CCCSC2)CC1=O)C(C)C(C)C)C(O)c1ccco1. The number of allylic oxidation sites excluding steroid dienone is 2. The molecule has 3 rings (SSSR count). The van der Waals surface area contributed by atoms with Gasteiger partial charge in [0.1, 0.15) is 11.5 Å². The van der Waals surface area contributed by atoms with Crippen molar-refractivity contribution in [2.45, 2.75) is 84.8 Å². The molecular formula is C27H41NO5S. The van der Waals surface area contributed by atoms with Gasteiger partial charge in [0.25, 0.3) is 0 Å². The number of unbranched alkanes of at least 4 members (excludes halogenated alkanes) is 1. The Kier molecular flexibility index (Phi) is 10.1. The van der Waals surface area contributed by atoms with E-state index in [1.54, 1.807) is 12.1 Å². The normalized spacial score (nSPS) is 24.9. The zero-order valence-electron chi connectivity index (χ0n) is 21.0. The van der Waals surface area contributed by atoms with E-state index in [0.29, 0.717) is 42.2 Å². The second-order valence-electron chi connectivity index (χ2n) is 10.1. The third-order valence-corrected chi connectivity index (χ3v) is 8.58. The maximum atomic E-state index is 13.3. The van der Waals surface area contributed by atoms with E-state index in [1.165, 1.54) is 18.4 Å². The van der Waals surface area contributed by atoms with Crippen molar-refractivity contribution >= 4 is 23.3 Å². The van der Waals surface area contributed by atoms with Crippen LogP contribution in [-0.4, -0.2) is 39.3 Å². The lowest BCUT2D eigenvalue weighted by atomic mass is 9.75. The van der Waals surface area contributed by atoms with Gasteiger partial charge in [-0.1, -0.05) is 39.3 Å². The molecule has 1 aromatic heterocycles. The summed E-state index contributed by atoms with van der Waals surface area (Å²) in [5.41, 5.74) is 0.810. The van der Waals surface area contributed by atoms with Crippen LogP contribution >= 0.6 is 11.8 Å². The Bertz CT molecular complexity index is 841. The van der Waals surface area contributed by atoms with Crippen molar-refractivity contribution in [2.75, 3.05) is 11.5 Å². The fourth-order valence-electron chi connectivity index (χ4n) is 4.80. The Morgan fingerprint density at radius 1 is 1.29 bits per heavy atom. The van der Waals surface area contributed by atoms with Gasteiger partial charge in [0.2, 0.25) is 0 Å². The van der Waals surface area contributed by atoms with Crippen LogP contribution in [0, 0.1) is 23.7 Å². The molecule has 1 fully saturated rings. The second kappa shape index (κ2) is 12.8. The van der Waals surface area contributed by atoms with Gasteiger partial charge in [-0.2, -0.15) is 11.8 Å². The third-order valence-electron chi connectivity index (χ3n) is 7.34. The highest BCUT2D eigenvalue weighted by Crippen LogP contribution is 2.39. The number of oxime groups is 1. The van der Waals surface area contributed by atoms with E-state index in [1.807, 2.05) is 18.7 Å². The predicted molar refractivity (Wildman–Crippen MR) is 137 cm³/mol. The highest BCUT2D eigenvalue weighted by Gasteiger charge is 2.37. The van der Waals surface area contributed by atoms with E-state index in [-0.39, 0.29) is 29.3 Å². The quantitative estimate of drug-likeness (QED) is 0.272. The maximum Gasteiger partial charge on any atom is 0.168 e. The Balaban J connectivity index is 1.86. The molecule has 1 aromatic rings. The summed E-state index contributed by atoms with van der Waals surface area (Å²) < 4.78 is 5.38. The molecule has 1 saturated heterocycles. The zero-order valence-corrected chi connectivity index (χ0v) is 21.9. The summed E-state index contributed by atoms with van der Waals surface area (Å²) >= 11 is 1.95. The number of Topliss-reactive ketones (excluding diaryl/α,β-unsaturated/α-hetero) is 1. The first-order chi connectivity index (χ1) is 16.3. The number of aliphatic hydroxyl groups excluding tert-OH is 2. The lowest BCUT2D eigenvalue weighted by Crippen LogP contribution is -2.33. The molecular weight excluding hydrogens is 450 g/mol. The molecule has 2 aliphatic rings. The number of nitrogens with zero attached hydrogens (tertiary/aromatic N) is 1. The third kappa shape index (κ3) is 6.69. The molecule has 5 atom stereocenters. The molecule has 1 aliphatic heterocycles. The smallest absolute Gasteiger partial charge is 0.168 e. The van der Waals surface area contributed by atoms with E-state index in [4.69, 9.17) is 9.25 Å². The molecule has 0 spiro atoms. The minimum absolute atomic E-state index is 0.0455. The van der Waals surface area contributed by atoms with Gasteiger partial charge in [0.05, 0.1) is 17.5 Å². The first-order valence-electron chi connectivity index (χ1n) is 12.8. The minimum Gasteiger partial charge on any atom is -0.511 e. The number of carbonyl (C=O) groups is 1. The van der Waals surface area contributed by atoms with E-state index >= 15 is 0 Å². The zero-order chi connectivity index (χ0) is 24.7. The molecule has 0 saturated carbocycles. The standard InChI is InChI=1S/C27H41NO5S/c1-5-6-10-24(27(31)23-11-7-12-32-23)33-28-26(18(4)17(2)3)25-21(29)14-20(15-22(25)30)19-9-8-13-34-16-19/h7,11-12,17-20,24,27,29,31H,5-6,8-10,13-16H2,1-4H3. The molecule has 34 heavy (non-hydrogen) atoms. The number of rotatable bonds is 11. The molecule has 190 valence electrons. The van der Waals surface area contributed by atoms with Gasteiger partial charge in [-0.25, -0.2) is 0 Å². The van der Waals surface area contributed by atoms with E-state index in [0.717, 1.165) is 25.0 Å². The highest BCUT2D eigenvalue weighted by atomic mass is 32.2. The van der Waals surface area contributed by atoms with Gasteiger partial charge in [0, 0.05) is 18.8 Å². The van der Waals surface area contributed by atoms with Gasteiger partial charge < -0.3 is 19.5 Å². The van der Waals surface area contributed by atoms with Crippen LogP contribution in [0.25, 0.3) is 0 Å². The predicted octanol–water partition coefficient (Wildman–Crippen LogP) is 6.47. The number of carbonyl (C=O) groups excluding carboxylic acids is 1. The van der Waals surface area contributed by atoms with Crippen molar-refractivity contribution in [2.24, 2.45) is 28.8 Å².